The van der Waals surface area contributed by atoms with Crippen LogP contribution in [0, 0.1) is 6.92 Å². The number of carbonyl (C=O) groups excluding carboxylic acids is 1. The summed E-state index contributed by atoms with van der Waals surface area (Å²) < 4.78 is 17.2. The zero-order valence-corrected chi connectivity index (χ0v) is 19.0. The molecule has 5 rings (SSSR count). The fraction of sp³-hybridized carbons (Fsp3) is 0.231. The van der Waals surface area contributed by atoms with Gasteiger partial charge in [-0.05, 0) is 60.9 Å². The normalized spacial score (nSPS) is 15.3. The molecule has 0 saturated carbocycles. The predicted molar refractivity (Wildman–Crippen MR) is 125 cm³/mol. The van der Waals surface area contributed by atoms with Crippen molar-refractivity contribution in [1.82, 2.24) is 4.90 Å². The Morgan fingerprint density at radius 2 is 1.91 bits per heavy atom. The van der Waals surface area contributed by atoms with Gasteiger partial charge in [0, 0.05) is 5.02 Å². The Bertz CT molecular complexity index is 1390. The van der Waals surface area contributed by atoms with Crippen LogP contribution in [0.3, 0.4) is 0 Å². The van der Waals surface area contributed by atoms with Crippen molar-refractivity contribution in [2.45, 2.75) is 32.9 Å². The van der Waals surface area contributed by atoms with Gasteiger partial charge in [-0.2, -0.15) is 0 Å². The fourth-order valence-electron chi connectivity index (χ4n) is 4.19. The first-order valence-electron chi connectivity index (χ1n) is 10.8. The summed E-state index contributed by atoms with van der Waals surface area (Å²) in [5.74, 6) is 1.04. The maximum Gasteiger partial charge on any atom is 0.291 e. The van der Waals surface area contributed by atoms with E-state index in [1.807, 2.05) is 38.1 Å². The minimum absolute atomic E-state index is 0.0529. The maximum absolute atomic E-state index is 13.6. The molecule has 1 amide bonds. The molecule has 0 fully saturated rings. The number of hydrogen-bond acceptors (Lipinski definition) is 5. The first-order chi connectivity index (χ1) is 16.0. The number of aryl methyl sites for hydroxylation is 1. The van der Waals surface area contributed by atoms with Crippen LogP contribution in [-0.4, -0.2) is 17.4 Å². The van der Waals surface area contributed by atoms with Crippen molar-refractivity contribution >= 4 is 28.5 Å². The number of furan rings is 1. The van der Waals surface area contributed by atoms with Gasteiger partial charge < -0.3 is 18.5 Å². The molecule has 33 heavy (non-hydrogen) atoms. The zero-order valence-electron chi connectivity index (χ0n) is 18.3. The lowest BCUT2D eigenvalue weighted by molar-refractivity contribution is 0.0701. The number of nitrogens with zero attached hydrogens (tertiary/aromatic N) is 1. The maximum atomic E-state index is 13.6. The van der Waals surface area contributed by atoms with E-state index in [1.165, 1.54) is 0 Å². The monoisotopic (exact) mass is 463 g/mol. The van der Waals surface area contributed by atoms with Gasteiger partial charge in [-0.3, -0.25) is 9.59 Å². The largest absolute Gasteiger partial charge is 0.494 e. The van der Waals surface area contributed by atoms with Crippen LogP contribution in [-0.2, 0) is 6.54 Å². The average Bonchev–Trinajstić information content (AvgIpc) is 3.42. The van der Waals surface area contributed by atoms with Crippen LogP contribution in [0.5, 0.6) is 5.75 Å². The highest BCUT2D eigenvalue weighted by Gasteiger charge is 2.43. The number of ether oxygens (including phenoxy) is 1. The smallest absolute Gasteiger partial charge is 0.291 e. The molecule has 0 bridgehead atoms. The third-order valence-corrected chi connectivity index (χ3v) is 6.23. The van der Waals surface area contributed by atoms with Crippen molar-refractivity contribution in [1.29, 1.82) is 0 Å². The van der Waals surface area contributed by atoms with Crippen molar-refractivity contribution in [2.24, 2.45) is 0 Å². The molecule has 1 aliphatic heterocycles. The summed E-state index contributed by atoms with van der Waals surface area (Å²) in [6.07, 6.45) is 2.46. The molecule has 2 aromatic heterocycles. The Morgan fingerprint density at radius 3 is 2.61 bits per heavy atom. The molecule has 6 nitrogen and oxygen atoms in total. The highest BCUT2D eigenvalue weighted by molar-refractivity contribution is 6.32. The Hall–Kier alpha value is -3.51. The van der Waals surface area contributed by atoms with Gasteiger partial charge in [-0.15, -0.1) is 0 Å². The molecule has 0 saturated heterocycles. The van der Waals surface area contributed by atoms with Crippen LogP contribution < -0.4 is 10.2 Å². The van der Waals surface area contributed by atoms with Gasteiger partial charge >= 0.3 is 0 Å². The third kappa shape index (κ3) is 3.70. The number of amides is 1. The van der Waals surface area contributed by atoms with Crippen molar-refractivity contribution in [2.75, 3.05) is 6.61 Å². The molecule has 3 heterocycles. The predicted octanol–water partition coefficient (Wildman–Crippen LogP) is 5.88. The van der Waals surface area contributed by atoms with Gasteiger partial charge in [-0.1, -0.05) is 30.7 Å². The van der Waals surface area contributed by atoms with Crippen molar-refractivity contribution < 1.29 is 18.4 Å². The van der Waals surface area contributed by atoms with E-state index in [0.29, 0.717) is 33.9 Å². The van der Waals surface area contributed by atoms with Crippen LogP contribution >= 0.6 is 11.6 Å². The number of hydrogen-bond donors (Lipinski definition) is 0. The van der Waals surface area contributed by atoms with E-state index in [1.54, 1.807) is 35.4 Å². The summed E-state index contributed by atoms with van der Waals surface area (Å²) in [6.45, 7) is 4.68. The van der Waals surface area contributed by atoms with E-state index in [9.17, 15) is 9.59 Å². The topological polar surface area (TPSA) is 72.9 Å². The lowest BCUT2D eigenvalue weighted by atomic mass is 9.98. The van der Waals surface area contributed by atoms with Crippen LogP contribution in [0.4, 0.5) is 0 Å². The van der Waals surface area contributed by atoms with Gasteiger partial charge in [0.1, 0.15) is 17.1 Å². The standard InChI is InChI=1S/C26H22ClNO5/c1-3-10-31-17-8-6-16(7-9-17)23-22-24(29)19-13-20(27)15(2)12-21(19)33-25(22)26(30)28(23)14-18-5-4-11-32-18/h4-9,11-13,23H,3,10,14H2,1-2H3. The van der Waals surface area contributed by atoms with Gasteiger partial charge in [0.2, 0.25) is 5.76 Å². The Balaban J connectivity index is 1.67. The number of halogens is 1. The number of carbonyl (C=O) groups is 1. The summed E-state index contributed by atoms with van der Waals surface area (Å²) in [5, 5.41) is 0.824. The third-order valence-electron chi connectivity index (χ3n) is 5.82. The second-order valence-electron chi connectivity index (χ2n) is 8.10. The molecule has 0 spiro atoms. The second kappa shape index (κ2) is 8.45. The Kier molecular flexibility index (Phi) is 5.46. The van der Waals surface area contributed by atoms with Crippen LogP contribution in [0.15, 0.2) is 68.4 Å². The van der Waals surface area contributed by atoms with Crippen LogP contribution in [0.1, 0.15) is 52.4 Å². The molecular formula is C26H22ClNO5. The summed E-state index contributed by atoms with van der Waals surface area (Å²) in [7, 11) is 0. The van der Waals surface area contributed by atoms with Crippen LogP contribution in [0.2, 0.25) is 5.02 Å². The number of benzene rings is 2. The first-order valence-corrected chi connectivity index (χ1v) is 11.2. The number of fused-ring (bicyclic) bond motifs is 2. The van der Waals surface area contributed by atoms with Gasteiger partial charge in [0.05, 0.1) is 36.4 Å². The SMILES string of the molecule is CCCOc1ccc(C2c3c(oc4cc(C)c(Cl)cc4c3=O)C(=O)N2Cc2ccco2)cc1. The Labute approximate surface area is 195 Å². The first kappa shape index (κ1) is 21.3. The van der Waals surface area contributed by atoms with Crippen molar-refractivity contribution in [3.05, 3.63) is 98.3 Å². The molecule has 7 heteroatoms. The van der Waals surface area contributed by atoms with E-state index in [4.69, 9.17) is 25.2 Å². The fourth-order valence-corrected chi connectivity index (χ4v) is 4.35. The highest BCUT2D eigenvalue weighted by atomic mass is 35.5. The summed E-state index contributed by atoms with van der Waals surface area (Å²) in [5.41, 5.74) is 1.93. The molecule has 1 aliphatic rings. The summed E-state index contributed by atoms with van der Waals surface area (Å²) in [4.78, 5) is 28.7. The van der Waals surface area contributed by atoms with Gasteiger partial charge in [-0.25, -0.2) is 0 Å². The van der Waals surface area contributed by atoms with Crippen LogP contribution in [0.25, 0.3) is 11.0 Å². The summed E-state index contributed by atoms with van der Waals surface area (Å²) >= 11 is 6.29. The molecule has 1 atom stereocenters. The van der Waals surface area contributed by atoms with Gasteiger partial charge in [0.15, 0.2) is 5.43 Å². The zero-order chi connectivity index (χ0) is 23.1. The minimum atomic E-state index is -0.626. The quantitative estimate of drug-likeness (QED) is 0.357. The molecule has 4 aromatic rings. The lowest BCUT2D eigenvalue weighted by Gasteiger charge is -2.24. The molecule has 168 valence electrons. The molecular weight excluding hydrogens is 442 g/mol. The van der Waals surface area contributed by atoms with E-state index in [-0.39, 0.29) is 23.6 Å². The molecule has 0 radical (unpaired) electrons. The van der Waals surface area contributed by atoms with E-state index in [2.05, 4.69) is 0 Å². The molecule has 0 N–H and O–H groups in total. The van der Waals surface area contributed by atoms with Gasteiger partial charge in [0.25, 0.3) is 5.91 Å². The van der Waals surface area contributed by atoms with E-state index < -0.39 is 6.04 Å². The summed E-state index contributed by atoms with van der Waals surface area (Å²) in [6, 6.07) is 13.7. The molecule has 2 aromatic carbocycles. The average molecular weight is 464 g/mol. The van der Waals surface area contributed by atoms with Crippen molar-refractivity contribution in [3.63, 3.8) is 0 Å². The molecule has 0 aliphatic carbocycles. The number of rotatable bonds is 6. The second-order valence-corrected chi connectivity index (χ2v) is 8.51. The highest BCUT2D eigenvalue weighted by Crippen LogP contribution is 2.40. The van der Waals surface area contributed by atoms with Crippen molar-refractivity contribution in [3.8, 4) is 5.75 Å². The minimum Gasteiger partial charge on any atom is -0.494 e. The van der Waals surface area contributed by atoms with E-state index in [0.717, 1.165) is 23.3 Å². The van der Waals surface area contributed by atoms with E-state index >= 15 is 0 Å². The Morgan fingerprint density at radius 1 is 1.12 bits per heavy atom. The molecule has 1 unspecified atom stereocenters. The lowest BCUT2D eigenvalue weighted by Crippen LogP contribution is -2.29.